The zero-order valence-electron chi connectivity index (χ0n) is 11.2. The Morgan fingerprint density at radius 3 is 2.79 bits per heavy atom. The third kappa shape index (κ3) is 5.58. The zero-order valence-corrected chi connectivity index (χ0v) is 12.9. The van der Waals surface area contributed by atoms with E-state index in [1.807, 2.05) is 0 Å². The molecule has 0 aliphatic heterocycles. The van der Waals surface area contributed by atoms with Crippen molar-refractivity contribution in [2.45, 2.75) is 37.6 Å². The molecular weight excluding hydrogens is 284 g/mol. The first-order chi connectivity index (χ1) is 9.11. The molecule has 0 radical (unpaired) electrons. The summed E-state index contributed by atoms with van der Waals surface area (Å²) in [4.78, 5) is 0.985. The van der Waals surface area contributed by atoms with Gasteiger partial charge in [0.2, 0.25) is 10.0 Å². The van der Waals surface area contributed by atoms with Crippen molar-refractivity contribution in [3.8, 4) is 0 Å². The average Bonchev–Trinajstić information content (AvgIpc) is 2.87. The highest BCUT2D eigenvalue weighted by atomic mass is 32.2. The summed E-state index contributed by atoms with van der Waals surface area (Å²) in [5.74, 6) is 0. The Bertz CT molecular complexity index is 457. The van der Waals surface area contributed by atoms with Crippen LogP contribution in [0.4, 0.5) is 0 Å². The maximum absolute atomic E-state index is 12.0. The van der Waals surface area contributed by atoms with Crippen LogP contribution in [0, 0.1) is 0 Å². The number of hydrogen-bond donors (Lipinski definition) is 2. The van der Waals surface area contributed by atoms with Crippen LogP contribution in [0.15, 0.2) is 16.3 Å². The second kappa shape index (κ2) is 8.65. The lowest BCUT2D eigenvalue weighted by atomic mass is 10.4. The Kier molecular flexibility index (Phi) is 7.55. The van der Waals surface area contributed by atoms with Gasteiger partial charge < -0.3 is 10.5 Å². The van der Waals surface area contributed by atoms with Crippen molar-refractivity contribution in [2.24, 2.45) is 5.73 Å². The molecular formula is C12H22N2O3S2. The molecule has 1 rings (SSSR count). The second-order valence-electron chi connectivity index (χ2n) is 4.13. The van der Waals surface area contributed by atoms with Gasteiger partial charge in [0.05, 0.1) is 4.90 Å². The molecule has 3 N–H and O–H groups in total. The van der Waals surface area contributed by atoms with Gasteiger partial charge in [0.15, 0.2) is 0 Å². The molecule has 19 heavy (non-hydrogen) atoms. The molecule has 0 unspecified atom stereocenters. The topological polar surface area (TPSA) is 81.4 Å². The van der Waals surface area contributed by atoms with E-state index in [0.717, 1.165) is 19.4 Å². The second-order valence-corrected chi connectivity index (χ2v) is 6.87. The van der Waals surface area contributed by atoms with E-state index in [-0.39, 0.29) is 6.54 Å². The van der Waals surface area contributed by atoms with E-state index < -0.39 is 10.0 Å². The van der Waals surface area contributed by atoms with Gasteiger partial charge in [0, 0.05) is 31.2 Å². The Morgan fingerprint density at radius 1 is 1.37 bits per heavy atom. The van der Waals surface area contributed by atoms with Gasteiger partial charge >= 0.3 is 0 Å². The van der Waals surface area contributed by atoms with Gasteiger partial charge in [-0.05, 0) is 24.3 Å². The molecule has 0 atom stereocenters. The van der Waals surface area contributed by atoms with Gasteiger partial charge in [-0.15, -0.1) is 11.3 Å². The van der Waals surface area contributed by atoms with Crippen LogP contribution in [0.3, 0.4) is 0 Å². The lowest BCUT2D eigenvalue weighted by Crippen LogP contribution is -2.26. The monoisotopic (exact) mass is 306 g/mol. The molecule has 1 aromatic rings. The van der Waals surface area contributed by atoms with Crippen LogP contribution >= 0.6 is 11.3 Å². The van der Waals surface area contributed by atoms with Crippen LogP contribution in [0.1, 0.15) is 31.1 Å². The number of thiophene rings is 1. The predicted molar refractivity (Wildman–Crippen MR) is 77.7 cm³/mol. The summed E-state index contributed by atoms with van der Waals surface area (Å²) in [6, 6.07) is 1.59. The molecule has 1 aromatic heterocycles. The number of hydrogen-bond acceptors (Lipinski definition) is 5. The van der Waals surface area contributed by atoms with Gasteiger partial charge in [-0.25, -0.2) is 13.1 Å². The highest BCUT2D eigenvalue weighted by molar-refractivity contribution is 7.89. The molecule has 0 aromatic carbocycles. The lowest BCUT2D eigenvalue weighted by Gasteiger charge is -2.07. The number of nitrogens with one attached hydrogen (secondary N) is 1. The molecule has 0 aliphatic carbocycles. The normalized spacial score (nSPS) is 11.9. The summed E-state index contributed by atoms with van der Waals surface area (Å²) < 4.78 is 32.0. The number of nitrogens with two attached hydrogens (primary N) is 1. The molecule has 0 amide bonds. The Hall–Kier alpha value is -0.470. The van der Waals surface area contributed by atoms with Gasteiger partial charge in [0.25, 0.3) is 0 Å². The highest BCUT2D eigenvalue weighted by Gasteiger charge is 2.18. The largest absolute Gasteiger partial charge is 0.381 e. The van der Waals surface area contributed by atoms with Crippen molar-refractivity contribution in [3.05, 3.63) is 16.3 Å². The Balaban J connectivity index is 2.32. The minimum Gasteiger partial charge on any atom is -0.381 e. The van der Waals surface area contributed by atoms with Gasteiger partial charge in [-0.2, -0.15) is 0 Å². The molecule has 0 saturated carbocycles. The maximum Gasteiger partial charge on any atom is 0.241 e. The van der Waals surface area contributed by atoms with Gasteiger partial charge in [0.1, 0.15) is 0 Å². The third-order valence-corrected chi connectivity index (χ3v) is 5.20. The molecule has 1 heterocycles. The molecule has 0 spiro atoms. The summed E-state index contributed by atoms with van der Waals surface area (Å²) >= 11 is 1.36. The van der Waals surface area contributed by atoms with Crippen molar-refractivity contribution in [1.82, 2.24) is 4.72 Å². The van der Waals surface area contributed by atoms with Crippen LogP contribution < -0.4 is 10.5 Å². The molecule has 0 bridgehead atoms. The molecule has 0 saturated heterocycles. The first-order valence-electron chi connectivity index (χ1n) is 6.45. The summed E-state index contributed by atoms with van der Waals surface area (Å²) in [5.41, 5.74) is 5.51. The summed E-state index contributed by atoms with van der Waals surface area (Å²) in [7, 11) is -3.43. The summed E-state index contributed by atoms with van der Waals surface area (Å²) in [5, 5.41) is 1.74. The van der Waals surface area contributed by atoms with E-state index in [0.29, 0.717) is 29.3 Å². The van der Waals surface area contributed by atoms with Crippen molar-refractivity contribution in [2.75, 3.05) is 19.8 Å². The molecule has 110 valence electrons. The number of ether oxygens (including phenoxy) is 1. The van der Waals surface area contributed by atoms with Crippen LogP contribution in [-0.2, 0) is 21.3 Å². The first kappa shape index (κ1) is 16.6. The number of rotatable bonds is 10. The zero-order chi connectivity index (χ0) is 14.1. The highest BCUT2D eigenvalue weighted by Crippen LogP contribution is 2.20. The maximum atomic E-state index is 12.0. The predicted octanol–water partition coefficient (Wildman–Crippen LogP) is 1.69. The SMILES string of the molecule is CCCCOCCCNS(=O)(=O)c1ccsc1CN. The van der Waals surface area contributed by atoms with Crippen LogP contribution in [0.5, 0.6) is 0 Å². The van der Waals surface area contributed by atoms with Crippen molar-refractivity contribution >= 4 is 21.4 Å². The standard InChI is InChI=1S/C12H22N2O3S2/c1-2-3-7-17-8-4-6-14-19(15,16)12-5-9-18-11(12)10-13/h5,9,14H,2-4,6-8,10,13H2,1H3. The fraction of sp³-hybridized carbons (Fsp3) is 0.667. The molecule has 5 nitrogen and oxygen atoms in total. The van der Waals surface area contributed by atoms with Crippen LogP contribution in [0.2, 0.25) is 0 Å². The van der Waals surface area contributed by atoms with E-state index in [2.05, 4.69) is 11.6 Å². The number of sulfonamides is 1. The lowest BCUT2D eigenvalue weighted by molar-refractivity contribution is 0.130. The Morgan fingerprint density at radius 2 is 2.11 bits per heavy atom. The van der Waals surface area contributed by atoms with E-state index in [1.54, 1.807) is 11.4 Å². The van der Waals surface area contributed by atoms with Crippen molar-refractivity contribution < 1.29 is 13.2 Å². The summed E-state index contributed by atoms with van der Waals surface area (Å²) in [6.07, 6.45) is 2.82. The smallest absolute Gasteiger partial charge is 0.241 e. The van der Waals surface area contributed by atoms with Crippen LogP contribution in [-0.4, -0.2) is 28.2 Å². The molecule has 0 fully saturated rings. The van der Waals surface area contributed by atoms with E-state index in [9.17, 15) is 8.42 Å². The molecule has 7 heteroatoms. The average molecular weight is 306 g/mol. The van der Waals surface area contributed by atoms with Crippen LogP contribution in [0.25, 0.3) is 0 Å². The minimum absolute atomic E-state index is 0.244. The third-order valence-electron chi connectivity index (χ3n) is 2.58. The fourth-order valence-electron chi connectivity index (χ4n) is 1.52. The van der Waals surface area contributed by atoms with Crippen molar-refractivity contribution in [1.29, 1.82) is 0 Å². The minimum atomic E-state index is -3.43. The van der Waals surface area contributed by atoms with Gasteiger partial charge in [-0.3, -0.25) is 0 Å². The van der Waals surface area contributed by atoms with Crippen molar-refractivity contribution in [3.63, 3.8) is 0 Å². The van der Waals surface area contributed by atoms with E-state index in [1.165, 1.54) is 11.3 Å². The van der Waals surface area contributed by atoms with Gasteiger partial charge in [-0.1, -0.05) is 13.3 Å². The van der Waals surface area contributed by atoms with E-state index >= 15 is 0 Å². The first-order valence-corrected chi connectivity index (χ1v) is 8.82. The summed E-state index contributed by atoms with van der Waals surface area (Å²) in [6.45, 7) is 4.05. The fourth-order valence-corrected chi connectivity index (χ4v) is 3.93. The van der Waals surface area contributed by atoms with E-state index in [4.69, 9.17) is 10.5 Å². The quantitative estimate of drug-likeness (QED) is 0.645. The number of unbranched alkanes of at least 4 members (excludes halogenated alkanes) is 1. The Labute approximate surface area is 119 Å². The molecule has 0 aliphatic rings.